The Labute approximate surface area is 102 Å². The van der Waals surface area contributed by atoms with E-state index in [4.69, 9.17) is 0 Å². The van der Waals surface area contributed by atoms with Crippen LogP contribution in [0.15, 0.2) is 0 Å². The van der Waals surface area contributed by atoms with E-state index in [1.54, 1.807) is 0 Å². The molecule has 1 atom stereocenters. The molecule has 0 aromatic rings. The van der Waals surface area contributed by atoms with E-state index in [2.05, 4.69) is 35.1 Å². The zero-order valence-electron chi connectivity index (χ0n) is 10.0. The van der Waals surface area contributed by atoms with E-state index in [0.717, 1.165) is 37.6 Å². The molecule has 0 aromatic heterocycles. The minimum Gasteiger partial charge on any atom is -0.356 e. The first-order valence-corrected chi connectivity index (χ1v) is 7.19. The highest BCUT2D eigenvalue weighted by Crippen LogP contribution is 2.08. The number of nitrogens with one attached hydrogen (secondary N) is 1. The molecule has 0 aliphatic carbocycles. The molecule has 0 saturated heterocycles. The van der Waals surface area contributed by atoms with Crippen molar-refractivity contribution in [1.82, 2.24) is 5.32 Å². The van der Waals surface area contributed by atoms with Crippen molar-refractivity contribution in [3.8, 4) is 0 Å². The second-order valence-corrected chi connectivity index (χ2v) is 4.81. The van der Waals surface area contributed by atoms with Crippen molar-refractivity contribution in [3.05, 3.63) is 0 Å². The second-order valence-electron chi connectivity index (χ2n) is 4.01. The van der Waals surface area contributed by atoms with Gasteiger partial charge in [0.25, 0.3) is 0 Å². The molecule has 0 radical (unpaired) electrons. The first-order chi connectivity index (χ1) is 7.24. The molecule has 2 nitrogen and oxygen atoms in total. The topological polar surface area (TPSA) is 29.1 Å². The van der Waals surface area contributed by atoms with E-state index in [1.165, 1.54) is 6.42 Å². The third kappa shape index (κ3) is 8.91. The molecule has 0 fully saturated rings. The number of rotatable bonds is 9. The lowest BCUT2D eigenvalue weighted by Crippen LogP contribution is -2.29. The number of hydrogen-bond acceptors (Lipinski definition) is 1. The maximum absolute atomic E-state index is 11.4. The second kappa shape index (κ2) is 10.5. The molecule has 15 heavy (non-hydrogen) atoms. The summed E-state index contributed by atoms with van der Waals surface area (Å²) in [5.41, 5.74) is 0. The Bertz CT molecular complexity index is 162. The van der Waals surface area contributed by atoms with Crippen molar-refractivity contribution in [2.24, 2.45) is 5.92 Å². The van der Waals surface area contributed by atoms with E-state index in [9.17, 15) is 4.79 Å². The summed E-state index contributed by atoms with van der Waals surface area (Å²) < 4.78 is 0. The smallest absolute Gasteiger partial charge is 0.220 e. The lowest BCUT2D eigenvalue weighted by molar-refractivity contribution is -0.121. The largest absolute Gasteiger partial charge is 0.356 e. The highest BCUT2D eigenvalue weighted by molar-refractivity contribution is 9.09. The van der Waals surface area contributed by atoms with Gasteiger partial charge < -0.3 is 5.32 Å². The van der Waals surface area contributed by atoms with Crippen molar-refractivity contribution in [3.63, 3.8) is 0 Å². The summed E-state index contributed by atoms with van der Waals surface area (Å²) in [5, 5.41) is 4.04. The maximum atomic E-state index is 11.4. The molecule has 0 aliphatic rings. The Kier molecular flexibility index (Phi) is 10.4. The van der Waals surface area contributed by atoms with Crippen molar-refractivity contribution in [1.29, 1.82) is 0 Å². The Hall–Kier alpha value is -0.0500. The number of hydrogen-bond donors (Lipinski definition) is 1. The Balaban J connectivity index is 3.50. The number of unbranched alkanes of at least 4 members (excludes halogenated alkanes) is 2. The van der Waals surface area contributed by atoms with Crippen LogP contribution in [0.25, 0.3) is 0 Å². The fourth-order valence-corrected chi connectivity index (χ4v) is 2.13. The van der Waals surface area contributed by atoms with Gasteiger partial charge in [0.1, 0.15) is 0 Å². The van der Waals surface area contributed by atoms with Gasteiger partial charge in [-0.3, -0.25) is 4.79 Å². The zero-order valence-corrected chi connectivity index (χ0v) is 11.6. The van der Waals surface area contributed by atoms with E-state index in [0.29, 0.717) is 12.3 Å². The fraction of sp³-hybridized carbons (Fsp3) is 0.917. The third-order valence-electron chi connectivity index (χ3n) is 2.69. The average Bonchev–Trinajstić information content (AvgIpc) is 2.24. The Morgan fingerprint density at radius 3 is 2.60 bits per heavy atom. The van der Waals surface area contributed by atoms with E-state index < -0.39 is 0 Å². The molecule has 3 heteroatoms. The molecule has 0 aliphatic heterocycles. The van der Waals surface area contributed by atoms with Gasteiger partial charge in [-0.15, -0.1) is 0 Å². The Morgan fingerprint density at radius 1 is 1.33 bits per heavy atom. The number of amides is 1. The number of carbonyl (C=O) groups excluding carboxylic acids is 1. The SMILES string of the molecule is CCCCCC(=O)NCC(CC)CCBr. The summed E-state index contributed by atoms with van der Waals surface area (Å²) in [6, 6.07) is 0. The highest BCUT2D eigenvalue weighted by atomic mass is 79.9. The molecule has 0 spiro atoms. The van der Waals surface area contributed by atoms with Crippen LogP contribution < -0.4 is 5.32 Å². The highest BCUT2D eigenvalue weighted by Gasteiger charge is 2.07. The van der Waals surface area contributed by atoms with Gasteiger partial charge in [0, 0.05) is 18.3 Å². The molecule has 0 rings (SSSR count). The summed E-state index contributed by atoms with van der Waals surface area (Å²) >= 11 is 3.44. The quantitative estimate of drug-likeness (QED) is 0.507. The average molecular weight is 278 g/mol. The predicted molar refractivity (Wildman–Crippen MR) is 69.3 cm³/mol. The van der Waals surface area contributed by atoms with Crippen LogP contribution in [0.5, 0.6) is 0 Å². The third-order valence-corrected chi connectivity index (χ3v) is 3.15. The summed E-state index contributed by atoms with van der Waals surface area (Å²) in [6.45, 7) is 5.17. The van der Waals surface area contributed by atoms with Crippen LogP contribution in [-0.2, 0) is 4.79 Å². The summed E-state index contributed by atoms with van der Waals surface area (Å²) in [4.78, 5) is 11.4. The van der Waals surface area contributed by atoms with Gasteiger partial charge in [0.15, 0.2) is 0 Å². The molecule has 0 aromatic carbocycles. The monoisotopic (exact) mass is 277 g/mol. The van der Waals surface area contributed by atoms with Crippen LogP contribution in [0.3, 0.4) is 0 Å². The van der Waals surface area contributed by atoms with E-state index in [-0.39, 0.29) is 5.91 Å². The van der Waals surface area contributed by atoms with Crippen LogP contribution in [-0.4, -0.2) is 17.8 Å². The van der Waals surface area contributed by atoms with Crippen LogP contribution >= 0.6 is 15.9 Å². The van der Waals surface area contributed by atoms with Gasteiger partial charge in [-0.05, 0) is 18.8 Å². The van der Waals surface area contributed by atoms with Crippen molar-refractivity contribution in [2.45, 2.75) is 52.4 Å². The van der Waals surface area contributed by atoms with Gasteiger partial charge in [0.05, 0.1) is 0 Å². The van der Waals surface area contributed by atoms with E-state index >= 15 is 0 Å². The summed E-state index contributed by atoms with van der Waals surface area (Å²) in [5.74, 6) is 0.843. The minimum atomic E-state index is 0.219. The lowest BCUT2D eigenvalue weighted by Gasteiger charge is -2.14. The summed E-state index contributed by atoms with van der Waals surface area (Å²) in [6.07, 6.45) is 6.34. The molecule has 0 bridgehead atoms. The molecule has 90 valence electrons. The van der Waals surface area contributed by atoms with Crippen LogP contribution in [0.2, 0.25) is 0 Å². The van der Waals surface area contributed by atoms with Crippen LogP contribution in [0.4, 0.5) is 0 Å². The van der Waals surface area contributed by atoms with Crippen LogP contribution in [0, 0.1) is 5.92 Å². The molecule has 0 heterocycles. The van der Waals surface area contributed by atoms with Gasteiger partial charge in [-0.1, -0.05) is 49.0 Å². The van der Waals surface area contributed by atoms with Crippen LogP contribution in [0.1, 0.15) is 52.4 Å². The molecule has 1 unspecified atom stereocenters. The standard InChI is InChI=1S/C12H24BrNO/c1-3-5-6-7-12(15)14-10-11(4-2)8-9-13/h11H,3-10H2,1-2H3,(H,14,15). The number of carbonyl (C=O) groups is 1. The van der Waals surface area contributed by atoms with Crippen molar-refractivity contribution in [2.75, 3.05) is 11.9 Å². The number of halogens is 1. The van der Waals surface area contributed by atoms with Gasteiger partial charge in [-0.2, -0.15) is 0 Å². The lowest BCUT2D eigenvalue weighted by atomic mass is 10.0. The van der Waals surface area contributed by atoms with Gasteiger partial charge in [-0.25, -0.2) is 0 Å². The predicted octanol–water partition coefficient (Wildman–Crippen LogP) is 3.49. The summed E-state index contributed by atoms with van der Waals surface area (Å²) in [7, 11) is 0. The fourth-order valence-electron chi connectivity index (χ4n) is 1.49. The van der Waals surface area contributed by atoms with Crippen molar-refractivity contribution < 1.29 is 4.79 Å². The normalized spacial score (nSPS) is 12.5. The van der Waals surface area contributed by atoms with Gasteiger partial charge in [0.2, 0.25) is 5.91 Å². The zero-order chi connectivity index (χ0) is 11.5. The molecular weight excluding hydrogens is 254 g/mol. The molecule has 1 N–H and O–H groups in total. The number of alkyl halides is 1. The molecule has 0 saturated carbocycles. The Morgan fingerprint density at radius 2 is 2.07 bits per heavy atom. The van der Waals surface area contributed by atoms with Gasteiger partial charge >= 0.3 is 0 Å². The molecular formula is C12H24BrNO. The first kappa shape index (κ1) is 14.9. The first-order valence-electron chi connectivity index (χ1n) is 6.07. The van der Waals surface area contributed by atoms with Crippen molar-refractivity contribution >= 4 is 21.8 Å². The maximum Gasteiger partial charge on any atom is 0.220 e. The molecule has 1 amide bonds. The minimum absolute atomic E-state index is 0.219. The van der Waals surface area contributed by atoms with E-state index in [1.807, 2.05) is 0 Å².